The number of ketones is 2. The van der Waals surface area contributed by atoms with E-state index in [0.717, 1.165) is 5.57 Å². The summed E-state index contributed by atoms with van der Waals surface area (Å²) >= 11 is 0. The van der Waals surface area contributed by atoms with Crippen LogP contribution in [0.15, 0.2) is 45.6 Å². The summed E-state index contributed by atoms with van der Waals surface area (Å²) in [7, 11) is 0. The fourth-order valence-electron chi connectivity index (χ4n) is 3.51. The Kier molecular flexibility index (Phi) is 3.63. The predicted octanol–water partition coefficient (Wildman–Crippen LogP) is 4.01. The maximum absolute atomic E-state index is 13.2. The van der Waals surface area contributed by atoms with E-state index in [2.05, 4.69) is 0 Å². The van der Waals surface area contributed by atoms with Crippen molar-refractivity contribution in [3.05, 3.63) is 80.2 Å². The van der Waals surface area contributed by atoms with Crippen molar-refractivity contribution in [1.82, 2.24) is 0 Å². The number of allylic oxidation sites excluding steroid dienone is 2. The molecular weight excluding hydrogens is 344 g/mol. The minimum Gasteiger partial charge on any atom is -0.507 e. The highest BCUT2D eigenvalue weighted by Crippen LogP contribution is 2.37. The van der Waals surface area contributed by atoms with Gasteiger partial charge in [0.25, 0.3) is 0 Å². The zero-order chi connectivity index (χ0) is 19.5. The first-order valence-electron chi connectivity index (χ1n) is 8.51. The van der Waals surface area contributed by atoms with Crippen LogP contribution in [0.1, 0.15) is 57.0 Å². The predicted molar refractivity (Wildman–Crippen MR) is 102 cm³/mol. The number of benzene rings is 2. The molecule has 134 valence electrons. The first-order valence-corrected chi connectivity index (χ1v) is 8.51. The first kappa shape index (κ1) is 17.0. The molecule has 0 spiro atoms. The van der Waals surface area contributed by atoms with Crippen molar-refractivity contribution in [2.24, 2.45) is 0 Å². The minimum absolute atomic E-state index is 0.0254. The number of phenolic OH excluding ortho intramolecular Hbond substituents is 1. The highest BCUT2D eigenvalue weighted by atomic mass is 16.3. The molecule has 1 aliphatic rings. The van der Waals surface area contributed by atoms with Gasteiger partial charge in [-0.1, -0.05) is 18.2 Å². The largest absolute Gasteiger partial charge is 0.507 e. The van der Waals surface area contributed by atoms with E-state index in [4.69, 9.17) is 4.42 Å². The topological polar surface area (TPSA) is 84.6 Å². The number of carbonyl (C=O) groups is 2. The molecule has 3 aromatic rings. The summed E-state index contributed by atoms with van der Waals surface area (Å²) in [6, 6.07) is 7.32. The number of aromatic hydroxyl groups is 1. The molecule has 0 amide bonds. The summed E-state index contributed by atoms with van der Waals surface area (Å²) in [5.41, 5.74) is 1.40. The van der Waals surface area contributed by atoms with Gasteiger partial charge in [-0.05, 0) is 44.0 Å². The lowest BCUT2D eigenvalue weighted by molar-refractivity contribution is 0.0977. The summed E-state index contributed by atoms with van der Waals surface area (Å²) in [4.78, 5) is 38.8. The zero-order valence-corrected chi connectivity index (χ0v) is 15.0. The fourth-order valence-corrected chi connectivity index (χ4v) is 3.51. The molecule has 1 N–H and O–H groups in total. The molecule has 0 radical (unpaired) electrons. The molecule has 0 aliphatic heterocycles. The van der Waals surface area contributed by atoms with Gasteiger partial charge in [0, 0.05) is 17.2 Å². The van der Waals surface area contributed by atoms with E-state index in [1.807, 2.05) is 6.92 Å². The lowest BCUT2D eigenvalue weighted by Crippen LogP contribution is -2.22. The van der Waals surface area contributed by atoms with Gasteiger partial charge in [-0.2, -0.15) is 0 Å². The van der Waals surface area contributed by atoms with Crippen molar-refractivity contribution in [3.8, 4) is 5.75 Å². The molecule has 0 saturated carbocycles. The third-order valence-electron chi connectivity index (χ3n) is 5.01. The molecule has 0 saturated heterocycles. The van der Waals surface area contributed by atoms with Crippen molar-refractivity contribution in [2.75, 3.05) is 0 Å². The standard InChI is InChI=1S/C22H16O5/c1-4-10(2)16-9-15(24)17-11(3)8-13-19(22(17)27-16)21(26)18-12(20(13)25)6-5-7-14(18)23/h4-9,23H,1-3H3/b10-4+. The number of phenols is 1. The van der Waals surface area contributed by atoms with E-state index in [1.54, 1.807) is 26.0 Å². The number of rotatable bonds is 1. The third-order valence-corrected chi connectivity index (χ3v) is 5.01. The van der Waals surface area contributed by atoms with Crippen LogP contribution in [-0.4, -0.2) is 16.7 Å². The van der Waals surface area contributed by atoms with Crippen LogP contribution in [0.3, 0.4) is 0 Å². The van der Waals surface area contributed by atoms with Crippen LogP contribution in [0, 0.1) is 6.92 Å². The summed E-state index contributed by atoms with van der Waals surface area (Å²) in [5, 5.41) is 10.4. The van der Waals surface area contributed by atoms with Crippen molar-refractivity contribution >= 4 is 28.1 Å². The van der Waals surface area contributed by atoms with Crippen molar-refractivity contribution in [3.63, 3.8) is 0 Å². The van der Waals surface area contributed by atoms with Crippen LogP contribution >= 0.6 is 0 Å². The molecule has 1 aromatic heterocycles. The van der Waals surface area contributed by atoms with E-state index in [9.17, 15) is 19.5 Å². The Morgan fingerprint density at radius 1 is 1.04 bits per heavy atom. The third kappa shape index (κ3) is 2.28. The van der Waals surface area contributed by atoms with Gasteiger partial charge in [-0.3, -0.25) is 14.4 Å². The Labute approximate surface area is 154 Å². The van der Waals surface area contributed by atoms with E-state index < -0.39 is 5.78 Å². The zero-order valence-electron chi connectivity index (χ0n) is 15.0. The number of hydrogen-bond donors (Lipinski definition) is 1. The quantitative estimate of drug-likeness (QED) is 0.554. The first-order chi connectivity index (χ1) is 12.8. The molecule has 4 rings (SSSR count). The van der Waals surface area contributed by atoms with Gasteiger partial charge in [-0.25, -0.2) is 0 Å². The average Bonchev–Trinajstić information content (AvgIpc) is 2.64. The van der Waals surface area contributed by atoms with Crippen molar-refractivity contribution in [1.29, 1.82) is 0 Å². The minimum atomic E-state index is -0.527. The van der Waals surface area contributed by atoms with Gasteiger partial charge >= 0.3 is 0 Å². The molecule has 2 aromatic carbocycles. The smallest absolute Gasteiger partial charge is 0.202 e. The van der Waals surface area contributed by atoms with Gasteiger partial charge in [0.2, 0.25) is 5.78 Å². The number of carbonyl (C=O) groups excluding carboxylic acids is 2. The SMILES string of the molecule is C/C=C(\C)c1cc(=O)c2c(C)cc3c(c2o1)C(=O)c1c(O)cccc1C3=O. The fraction of sp³-hybridized carbons (Fsp3) is 0.136. The van der Waals surface area contributed by atoms with E-state index in [-0.39, 0.29) is 50.2 Å². The molecule has 5 heteroatoms. The maximum Gasteiger partial charge on any atom is 0.202 e. The maximum atomic E-state index is 13.2. The summed E-state index contributed by atoms with van der Waals surface area (Å²) in [5.74, 6) is -0.836. The van der Waals surface area contributed by atoms with Crippen LogP contribution in [0.5, 0.6) is 5.75 Å². The summed E-state index contributed by atoms with van der Waals surface area (Å²) < 4.78 is 5.93. The second-order valence-corrected chi connectivity index (χ2v) is 6.62. The number of fused-ring (bicyclic) bond motifs is 4. The van der Waals surface area contributed by atoms with Gasteiger partial charge < -0.3 is 9.52 Å². The second kappa shape index (κ2) is 5.77. The van der Waals surface area contributed by atoms with Crippen LogP contribution in [0.4, 0.5) is 0 Å². The average molecular weight is 360 g/mol. The molecule has 0 unspecified atom stereocenters. The van der Waals surface area contributed by atoms with Crippen molar-refractivity contribution in [2.45, 2.75) is 20.8 Å². The van der Waals surface area contributed by atoms with E-state index >= 15 is 0 Å². The summed E-state index contributed by atoms with van der Waals surface area (Å²) in [6.45, 7) is 5.31. The molecule has 0 fully saturated rings. The second-order valence-electron chi connectivity index (χ2n) is 6.62. The lowest BCUT2D eigenvalue weighted by atomic mass is 9.81. The Morgan fingerprint density at radius 2 is 1.78 bits per heavy atom. The highest BCUT2D eigenvalue weighted by Gasteiger charge is 2.35. The summed E-state index contributed by atoms with van der Waals surface area (Å²) in [6.07, 6.45) is 1.79. The van der Waals surface area contributed by atoms with Gasteiger partial charge in [0.15, 0.2) is 16.8 Å². The normalized spacial score (nSPS) is 13.7. The van der Waals surface area contributed by atoms with E-state index in [1.165, 1.54) is 24.3 Å². The Bertz CT molecular complexity index is 1260. The molecule has 0 bridgehead atoms. The number of hydrogen-bond acceptors (Lipinski definition) is 5. The van der Waals surface area contributed by atoms with Gasteiger partial charge in [-0.15, -0.1) is 0 Å². The van der Waals surface area contributed by atoms with Crippen LogP contribution < -0.4 is 5.43 Å². The molecule has 0 atom stereocenters. The monoisotopic (exact) mass is 360 g/mol. The van der Waals surface area contributed by atoms with Crippen LogP contribution in [0.2, 0.25) is 0 Å². The van der Waals surface area contributed by atoms with Crippen LogP contribution in [0.25, 0.3) is 16.5 Å². The Balaban J connectivity index is 2.18. The van der Waals surface area contributed by atoms with Crippen molar-refractivity contribution < 1.29 is 19.1 Å². The lowest BCUT2D eigenvalue weighted by Gasteiger charge is -2.20. The molecule has 1 heterocycles. The van der Waals surface area contributed by atoms with Crippen LogP contribution in [-0.2, 0) is 0 Å². The highest BCUT2D eigenvalue weighted by molar-refractivity contribution is 6.32. The van der Waals surface area contributed by atoms with Gasteiger partial charge in [0.05, 0.1) is 16.5 Å². The molecule has 5 nitrogen and oxygen atoms in total. The van der Waals surface area contributed by atoms with E-state index in [0.29, 0.717) is 11.3 Å². The molecule has 27 heavy (non-hydrogen) atoms. The number of aryl methyl sites for hydroxylation is 1. The molecule has 1 aliphatic carbocycles. The molecular formula is C22H16O5. The van der Waals surface area contributed by atoms with Gasteiger partial charge in [0.1, 0.15) is 11.5 Å². The Hall–Kier alpha value is -3.47. The Morgan fingerprint density at radius 3 is 2.48 bits per heavy atom.